The molecule has 1 unspecified atom stereocenters. The molecule has 1 heterocycles. The predicted octanol–water partition coefficient (Wildman–Crippen LogP) is 4.38. The summed E-state index contributed by atoms with van der Waals surface area (Å²) in [6.07, 6.45) is 10.2. The Balaban J connectivity index is 1.76. The van der Waals surface area contributed by atoms with E-state index in [1.807, 2.05) is 24.5 Å². The van der Waals surface area contributed by atoms with Crippen LogP contribution in [0, 0.1) is 5.82 Å². The predicted molar refractivity (Wildman–Crippen MR) is 82.9 cm³/mol. The van der Waals surface area contributed by atoms with Crippen LogP contribution < -0.4 is 5.32 Å². The van der Waals surface area contributed by atoms with Crippen molar-refractivity contribution >= 4 is 5.95 Å². The molecule has 3 nitrogen and oxygen atoms in total. The minimum atomic E-state index is -0.197. The maximum atomic E-state index is 13.0. The lowest BCUT2D eigenvalue weighted by Crippen LogP contribution is -2.25. The zero-order chi connectivity index (χ0) is 14.7. The maximum Gasteiger partial charge on any atom is 0.203 e. The number of benzene rings is 1. The Hall–Kier alpha value is -1.84. The molecule has 0 aliphatic heterocycles. The van der Waals surface area contributed by atoms with Crippen LogP contribution in [0.25, 0.3) is 0 Å². The molecule has 1 aromatic heterocycles. The summed E-state index contributed by atoms with van der Waals surface area (Å²) in [6.45, 7) is 2.11. The van der Waals surface area contributed by atoms with Crippen LogP contribution in [0.5, 0.6) is 0 Å². The molecule has 0 radical (unpaired) electrons. The molecule has 1 aromatic carbocycles. The van der Waals surface area contributed by atoms with Crippen LogP contribution in [0.1, 0.15) is 50.6 Å². The number of imidazole rings is 1. The summed E-state index contributed by atoms with van der Waals surface area (Å²) in [4.78, 5) is 4.45. The molecule has 1 aliphatic rings. The molecule has 0 saturated heterocycles. The highest BCUT2D eigenvalue weighted by Crippen LogP contribution is 2.25. The Bertz CT molecular complexity index is 570. The monoisotopic (exact) mass is 287 g/mol. The normalized spacial score (nSPS) is 17.6. The summed E-state index contributed by atoms with van der Waals surface area (Å²) in [5, 5.41) is 3.57. The Labute approximate surface area is 125 Å². The van der Waals surface area contributed by atoms with E-state index in [0.29, 0.717) is 6.04 Å². The molecule has 4 heteroatoms. The lowest BCUT2D eigenvalue weighted by Gasteiger charge is -2.25. The number of hydrogen-bond donors (Lipinski definition) is 1. The van der Waals surface area contributed by atoms with Gasteiger partial charge in [0.15, 0.2) is 0 Å². The molecule has 1 N–H and O–H groups in total. The molecule has 0 spiro atoms. The lowest BCUT2D eigenvalue weighted by molar-refractivity contribution is 0.458. The Kier molecular flexibility index (Phi) is 4.23. The van der Waals surface area contributed by atoms with E-state index in [9.17, 15) is 4.39 Å². The average molecular weight is 287 g/mol. The largest absolute Gasteiger partial charge is 0.353 e. The van der Waals surface area contributed by atoms with Gasteiger partial charge in [-0.2, -0.15) is 0 Å². The lowest BCUT2D eigenvalue weighted by atomic mass is 9.96. The zero-order valence-electron chi connectivity index (χ0n) is 12.4. The van der Waals surface area contributed by atoms with E-state index in [1.165, 1.54) is 44.2 Å². The number of anilines is 1. The second-order valence-electron chi connectivity index (χ2n) is 5.86. The van der Waals surface area contributed by atoms with Gasteiger partial charge in [0.1, 0.15) is 5.82 Å². The third kappa shape index (κ3) is 3.26. The van der Waals surface area contributed by atoms with Crippen LogP contribution in [-0.2, 0) is 0 Å². The van der Waals surface area contributed by atoms with Gasteiger partial charge in [-0.25, -0.2) is 9.37 Å². The van der Waals surface area contributed by atoms with Crippen molar-refractivity contribution in [2.24, 2.45) is 0 Å². The second-order valence-corrected chi connectivity index (χ2v) is 5.86. The Morgan fingerprint density at radius 1 is 1.19 bits per heavy atom. The average Bonchev–Trinajstić information content (AvgIpc) is 2.96. The molecule has 2 aromatic rings. The fourth-order valence-electron chi connectivity index (χ4n) is 3.07. The standard InChI is InChI=1S/C17H22FN3/c1-13(14-7-9-15(18)10-8-14)21-12-11-19-17(21)20-16-5-3-2-4-6-16/h7-13,16H,2-6H2,1H3,(H,19,20). The van der Waals surface area contributed by atoms with Crippen molar-refractivity contribution in [3.63, 3.8) is 0 Å². The summed E-state index contributed by atoms with van der Waals surface area (Å²) in [5.74, 6) is 0.718. The van der Waals surface area contributed by atoms with Crippen LogP contribution in [0.4, 0.5) is 10.3 Å². The van der Waals surface area contributed by atoms with Crippen molar-refractivity contribution < 1.29 is 4.39 Å². The summed E-state index contributed by atoms with van der Waals surface area (Å²) in [5.41, 5.74) is 1.08. The van der Waals surface area contributed by atoms with Gasteiger partial charge in [0.2, 0.25) is 5.95 Å². The van der Waals surface area contributed by atoms with Crippen molar-refractivity contribution in [1.29, 1.82) is 0 Å². The molecule has 1 atom stereocenters. The van der Waals surface area contributed by atoms with Crippen LogP contribution in [0.3, 0.4) is 0 Å². The molecule has 1 fully saturated rings. The van der Waals surface area contributed by atoms with Gasteiger partial charge in [-0.15, -0.1) is 0 Å². The molecule has 1 saturated carbocycles. The molecule has 0 bridgehead atoms. The van der Waals surface area contributed by atoms with Gasteiger partial charge in [0.25, 0.3) is 0 Å². The number of rotatable bonds is 4. The summed E-state index contributed by atoms with van der Waals surface area (Å²) < 4.78 is 15.2. The van der Waals surface area contributed by atoms with E-state index in [2.05, 4.69) is 21.8 Å². The van der Waals surface area contributed by atoms with Gasteiger partial charge in [0, 0.05) is 18.4 Å². The van der Waals surface area contributed by atoms with Crippen LogP contribution >= 0.6 is 0 Å². The first-order valence-electron chi connectivity index (χ1n) is 7.79. The Morgan fingerprint density at radius 3 is 2.62 bits per heavy atom. The quantitative estimate of drug-likeness (QED) is 0.904. The number of hydrogen-bond acceptors (Lipinski definition) is 2. The first-order chi connectivity index (χ1) is 10.2. The highest BCUT2D eigenvalue weighted by atomic mass is 19.1. The molecular formula is C17H22FN3. The van der Waals surface area contributed by atoms with E-state index >= 15 is 0 Å². The fraction of sp³-hybridized carbons (Fsp3) is 0.471. The molecule has 21 heavy (non-hydrogen) atoms. The van der Waals surface area contributed by atoms with Crippen LogP contribution in [0.2, 0.25) is 0 Å². The van der Waals surface area contributed by atoms with Crippen molar-refractivity contribution in [1.82, 2.24) is 9.55 Å². The first kappa shape index (κ1) is 14.1. The summed E-state index contributed by atoms with van der Waals surface area (Å²) in [7, 11) is 0. The fourth-order valence-corrected chi connectivity index (χ4v) is 3.07. The van der Waals surface area contributed by atoms with E-state index in [-0.39, 0.29) is 11.9 Å². The number of nitrogens with zero attached hydrogens (tertiary/aromatic N) is 2. The number of nitrogens with one attached hydrogen (secondary N) is 1. The van der Waals surface area contributed by atoms with Crippen molar-refractivity contribution in [3.05, 3.63) is 48.0 Å². The number of aromatic nitrogens is 2. The summed E-state index contributed by atoms with van der Waals surface area (Å²) >= 11 is 0. The van der Waals surface area contributed by atoms with Crippen molar-refractivity contribution in [2.45, 2.75) is 51.1 Å². The Morgan fingerprint density at radius 2 is 1.90 bits per heavy atom. The zero-order valence-corrected chi connectivity index (χ0v) is 12.4. The SMILES string of the molecule is CC(c1ccc(F)cc1)n1ccnc1NC1CCCCC1. The molecule has 0 amide bonds. The minimum absolute atomic E-state index is 0.138. The van der Waals surface area contributed by atoms with E-state index < -0.39 is 0 Å². The van der Waals surface area contributed by atoms with Gasteiger partial charge in [0.05, 0.1) is 6.04 Å². The maximum absolute atomic E-state index is 13.0. The van der Waals surface area contributed by atoms with Gasteiger partial charge < -0.3 is 9.88 Å². The van der Waals surface area contributed by atoms with Crippen molar-refractivity contribution in [2.75, 3.05) is 5.32 Å². The third-order valence-electron chi connectivity index (χ3n) is 4.38. The molecule has 1 aliphatic carbocycles. The smallest absolute Gasteiger partial charge is 0.203 e. The van der Waals surface area contributed by atoms with Crippen LogP contribution in [-0.4, -0.2) is 15.6 Å². The van der Waals surface area contributed by atoms with E-state index in [4.69, 9.17) is 0 Å². The van der Waals surface area contributed by atoms with Crippen LogP contribution in [0.15, 0.2) is 36.7 Å². The van der Waals surface area contributed by atoms with Gasteiger partial charge in [-0.1, -0.05) is 31.4 Å². The second kappa shape index (κ2) is 6.29. The van der Waals surface area contributed by atoms with Gasteiger partial charge in [-0.05, 0) is 37.5 Å². The highest BCUT2D eigenvalue weighted by molar-refractivity contribution is 5.32. The van der Waals surface area contributed by atoms with Crippen molar-refractivity contribution in [3.8, 4) is 0 Å². The third-order valence-corrected chi connectivity index (χ3v) is 4.38. The first-order valence-corrected chi connectivity index (χ1v) is 7.79. The van der Waals surface area contributed by atoms with E-state index in [1.54, 1.807) is 0 Å². The number of halogens is 1. The topological polar surface area (TPSA) is 29.9 Å². The molecule has 112 valence electrons. The van der Waals surface area contributed by atoms with Gasteiger partial charge >= 0.3 is 0 Å². The molecular weight excluding hydrogens is 265 g/mol. The summed E-state index contributed by atoms with van der Waals surface area (Å²) in [6, 6.07) is 7.36. The minimum Gasteiger partial charge on any atom is -0.353 e. The highest BCUT2D eigenvalue weighted by Gasteiger charge is 2.17. The van der Waals surface area contributed by atoms with Gasteiger partial charge in [-0.3, -0.25) is 0 Å². The molecule has 3 rings (SSSR count). The van der Waals surface area contributed by atoms with E-state index in [0.717, 1.165) is 11.5 Å².